The summed E-state index contributed by atoms with van der Waals surface area (Å²) in [5.41, 5.74) is 5.48. The number of carbonyl (C=O) groups excluding carboxylic acids is 14. The molecule has 428 valence electrons. The third-order valence-electron chi connectivity index (χ3n) is 10.9. The second-order valence-corrected chi connectivity index (χ2v) is 18.4. The van der Waals surface area contributed by atoms with Crippen LogP contribution in [0.3, 0.4) is 0 Å². The minimum atomic E-state index is -1.29. The van der Waals surface area contributed by atoms with Crippen molar-refractivity contribution in [1.29, 1.82) is 0 Å². The molecule has 0 aliphatic heterocycles. The maximum absolute atomic E-state index is 12.9. The molecule has 14 amide bonds. The minimum absolute atomic E-state index is 0.582. The molecule has 31 heteroatoms. The van der Waals surface area contributed by atoms with E-state index >= 15 is 0 Å². The fourth-order valence-electron chi connectivity index (χ4n) is 5.66. The number of aliphatic carboxylic acids is 1. The molecule has 0 aliphatic carbocycles. The predicted molar refractivity (Wildman–Crippen MR) is 268 cm³/mol. The second-order valence-electron chi connectivity index (χ2n) is 18.4. The van der Waals surface area contributed by atoms with E-state index < -0.39 is 179 Å². The largest absolute Gasteiger partial charge is 0.480 e. The number of carboxylic acid groups (broad SMARTS) is 1. The van der Waals surface area contributed by atoms with E-state index in [1.54, 1.807) is 0 Å². The van der Waals surface area contributed by atoms with Crippen LogP contribution in [0.25, 0.3) is 0 Å². The quantitative estimate of drug-likeness (QED) is 0.0331. The van der Waals surface area contributed by atoms with Gasteiger partial charge in [-0.25, -0.2) is 0 Å². The molecule has 0 aromatic rings. The van der Waals surface area contributed by atoms with Crippen molar-refractivity contribution >= 4 is 88.7 Å². The first-order valence-corrected chi connectivity index (χ1v) is 24.2. The lowest BCUT2D eigenvalue weighted by Crippen LogP contribution is -2.59. The maximum atomic E-state index is 12.9. The van der Waals surface area contributed by atoms with Crippen LogP contribution >= 0.6 is 0 Å². The van der Waals surface area contributed by atoms with E-state index in [1.807, 2.05) is 0 Å². The van der Waals surface area contributed by atoms with Crippen LogP contribution in [-0.2, 0) is 71.9 Å². The number of nitrogens with two attached hydrogens (primary N) is 1. The summed E-state index contributed by atoms with van der Waals surface area (Å²) in [6.07, 6.45) is 0. The van der Waals surface area contributed by atoms with Gasteiger partial charge in [0, 0.05) is 0 Å². The van der Waals surface area contributed by atoms with Crippen molar-refractivity contribution in [1.82, 2.24) is 74.4 Å². The Morgan fingerprint density at radius 3 is 0.395 bits per heavy atom. The Balaban J connectivity index is 4.97. The summed E-state index contributed by atoms with van der Waals surface area (Å²) in [6, 6.07) is -17.7. The van der Waals surface area contributed by atoms with Crippen molar-refractivity contribution in [3.63, 3.8) is 0 Å². The Kier molecular flexibility index (Phi) is 28.3. The highest BCUT2D eigenvalue weighted by Gasteiger charge is 2.31. The number of rotatable bonds is 29. The number of carboxylic acids is 1. The molecule has 0 heterocycles. The molecule has 0 aromatic carbocycles. The van der Waals surface area contributed by atoms with E-state index in [-0.39, 0.29) is 0 Å². The fraction of sp³-hybridized carbons (Fsp3) is 0.667. The molecule has 0 aromatic heterocycles. The van der Waals surface area contributed by atoms with Gasteiger partial charge in [-0.1, -0.05) is 0 Å². The summed E-state index contributed by atoms with van der Waals surface area (Å²) < 4.78 is 0. The third kappa shape index (κ3) is 23.9. The molecule has 15 atom stereocenters. The molecule has 0 saturated carbocycles. The van der Waals surface area contributed by atoms with E-state index in [0.717, 1.165) is 0 Å². The molecule has 31 nitrogen and oxygen atoms in total. The van der Waals surface area contributed by atoms with Crippen molar-refractivity contribution in [3.05, 3.63) is 0 Å². The molecule has 0 rings (SSSR count). The van der Waals surface area contributed by atoms with E-state index in [9.17, 15) is 71.9 Å². The van der Waals surface area contributed by atoms with Gasteiger partial charge >= 0.3 is 5.97 Å². The molecule has 0 saturated heterocycles. The Morgan fingerprint density at radius 2 is 0.303 bits per heavy atom. The predicted octanol–water partition coefficient (Wildman–Crippen LogP) is -7.52. The van der Waals surface area contributed by atoms with Crippen LogP contribution in [0.4, 0.5) is 0 Å². The van der Waals surface area contributed by atoms with Crippen molar-refractivity contribution in [2.24, 2.45) is 5.73 Å². The first-order chi connectivity index (χ1) is 34.9. The Morgan fingerprint density at radius 1 is 0.211 bits per heavy atom. The van der Waals surface area contributed by atoms with Crippen LogP contribution in [0.15, 0.2) is 0 Å². The van der Waals surface area contributed by atoms with Gasteiger partial charge in [0.25, 0.3) is 0 Å². The van der Waals surface area contributed by atoms with Crippen molar-refractivity contribution in [3.8, 4) is 0 Å². The third-order valence-corrected chi connectivity index (χ3v) is 10.9. The number of hydrogen-bond donors (Lipinski definition) is 16. The zero-order valence-corrected chi connectivity index (χ0v) is 45.3. The number of amides is 14. The van der Waals surface area contributed by atoms with E-state index in [4.69, 9.17) is 10.8 Å². The molecule has 0 radical (unpaired) electrons. The average Bonchev–Trinajstić information content (AvgIpc) is 3.32. The highest BCUT2D eigenvalue weighted by atomic mass is 16.4. The average molecular weight is 1080 g/mol. The zero-order valence-electron chi connectivity index (χ0n) is 45.3. The summed E-state index contributed by atoms with van der Waals surface area (Å²) >= 11 is 0. The molecular weight excluding hydrogens is 1010 g/mol. The van der Waals surface area contributed by atoms with E-state index in [2.05, 4.69) is 74.4 Å². The molecule has 0 spiro atoms. The van der Waals surface area contributed by atoms with E-state index in [0.29, 0.717) is 0 Å². The Labute approximate surface area is 439 Å². The molecular formula is C45H77N15O16. The summed E-state index contributed by atoms with van der Waals surface area (Å²) in [6.45, 7) is 19.6. The lowest BCUT2D eigenvalue weighted by Gasteiger charge is -2.24. The fourth-order valence-corrected chi connectivity index (χ4v) is 5.66. The Hall–Kier alpha value is -7.99. The lowest BCUT2D eigenvalue weighted by atomic mass is 10.2. The standard InChI is InChI=1S/C45H77N15O16/c1-16(46)31(61)47-17(2)32(62)48-18(3)33(63)49-19(4)34(64)50-20(5)35(65)51-21(6)36(66)52-22(7)37(67)53-23(8)38(68)54-24(9)39(69)55-25(10)40(70)56-26(11)41(71)57-27(12)42(72)58-28(13)43(73)59-29(14)44(74)60-30(15)45(75)76/h16-30H,46H2,1-15H3,(H,47,61)(H,48,62)(H,49,63)(H,50,64)(H,51,65)(H,52,66)(H,53,67)(H,54,68)(H,55,69)(H,56,70)(H,57,71)(H,58,72)(H,59,73)(H,60,74)(H,75,76)/t16-,17+,18+,19+,20+,21+,22+,23+,24+,25+,26+,27+,28+,29-,30-/m1/s1. The van der Waals surface area contributed by atoms with Crippen molar-refractivity contribution in [2.45, 2.75) is 194 Å². The number of carbonyl (C=O) groups is 15. The minimum Gasteiger partial charge on any atom is -0.480 e. The van der Waals surface area contributed by atoms with Crippen LogP contribution < -0.4 is 80.2 Å². The normalized spacial score (nSPS) is 16.7. The molecule has 76 heavy (non-hydrogen) atoms. The van der Waals surface area contributed by atoms with Crippen LogP contribution in [0.5, 0.6) is 0 Å². The van der Waals surface area contributed by atoms with Gasteiger partial charge in [0.1, 0.15) is 84.6 Å². The van der Waals surface area contributed by atoms with Crippen molar-refractivity contribution < 1.29 is 77.0 Å². The second kappa shape index (κ2) is 31.7. The van der Waals surface area contributed by atoms with Crippen molar-refractivity contribution in [2.75, 3.05) is 0 Å². The molecule has 0 unspecified atom stereocenters. The SMILES string of the molecule is C[C@H](NC(=O)[C@H](C)NC(=O)[C@H](C)NC(=O)[C@H](C)NC(=O)[C@H](C)NC(=O)[C@H](C)NC(=O)[C@H](C)NC(=O)[C@@H](C)N)C(=O)N[C@@H](C)C(=O)N[C@@H](C)C(=O)N[C@@H](C)C(=O)N[C@@H](C)C(=O)N[C@@H](C)C(=O)N[C@H](C)C(=O)N[C@H](C)C(=O)O. The van der Waals surface area contributed by atoms with Crippen LogP contribution in [0, 0.1) is 0 Å². The zero-order chi connectivity index (χ0) is 59.2. The topological polar surface area (TPSA) is 471 Å². The van der Waals surface area contributed by atoms with Gasteiger partial charge in [-0.3, -0.25) is 71.9 Å². The molecule has 0 bridgehead atoms. The van der Waals surface area contributed by atoms with Gasteiger partial charge in [0.15, 0.2) is 0 Å². The van der Waals surface area contributed by atoms with Gasteiger partial charge in [0.05, 0.1) is 6.04 Å². The maximum Gasteiger partial charge on any atom is 0.325 e. The number of hydrogen-bond acceptors (Lipinski definition) is 16. The van der Waals surface area contributed by atoms with Gasteiger partial charge in [0.2, 0.25) is 82.7 Å². The highest BCUT2D eigenvalue weighted by molar-refractivity contribution is 5.99. The smallest absolute Gasteiger partial charge is 0.325 e. The first kappa shape index (κ1) is 68.0. The summed E-state index contributed by atoms with van der Waals surface area (Å²) in [7, 11) is 0. The summed E-state index contributed by atoms with van der Waals surface area (Å²) in [4.78, 5) is 188. The molecule has 17 N–H and O–H groups in total. The number of nitrogens with one attached hydrogen (secondary N) is 14. The highest BCUT2D eigenvalue weighted by Crippen LogP contribution is 1.99. The van der Waals surface area contributed by atoms with Crippen LogP contribution in [-0.4, -0.2) is 184 Å². The molecule has 0 fully saturated rings. The van der Waals surface area contributed by atoms with Gasteiger partial charge in [-0.05, 0) is 104 Å². The Bertz CT molecular complexity index is 2190. The van der Waals surface area contributed by atoms with Crippen LogP contribution in [0.1, 0.15) is 104 Å². The molecule has 0 aliphatic rings. The van der Waals surface area contributed by atoms with Crippen LogP contribution in [0.2, 0.25) is 0 Å². The van der Waals surface area contributed by atoms with Gasteiger partial charge in [-0.2, -0.15) is 0 Å². The van der Waals surface area contributed by atoms with Gasteiger partial charge < -0.3 is 85.3 Å². The summed E-state index contributed by atoms with van der Waals surface area (Å²) in [5, 5.41) is 42.0. The lowest BCUT2D eigenvalue weighted by molar-refractivity contribution is -0.141. The monoisotopic (exact) mass is 1080 g/mol. The summed E-state index contributed by atoms with van der Waals surface area (Å²) in [5.74, 6) is -12.3. The van der Waals surface area contributed by atoms with E-state index in [1.165, 1.54) is 104 Å². The first-order valence-electron chi connectivity index (χ1n) is 24.2. The van der Waals surface area contributed by atoms with Gasteiger partial charge in [-0.15, -0.1) is 0 Å².